The van der Waals surface area contributed by atoms with E-state index in [0.29, 0.717) is 40.5 Å². The number of ether oxygens (including phenoxy) is 1. The number of anilines is 1. The molecule has 1 atom stereocenters. The van der Waals surface area contributed by atoms with Crippen LogP contribution in [-0.4, -0.2) is 39.7 Å². The number of hydrogen-bond acceptors (Lipinski definition) is 6. The Morgan fingerprint density at radius 1 is 1.19 bits per heavy atom. The van der Waals surface area contributed by atoms with Crippen LogP contribution in [0.3, 0.4) is 0 Å². The van der Waals surface area contributed by atoms with Crippen LogP contribution in [0.1, 0.15) is 30.1 Å². The van der Waals surface area contributed by atoms with Crippen molar-refractivity contribution >= 4 is 40.0 Å². The normalized spacial score (nSPS) is 15.8. The van der Waals surface area contributed by atoms with Crippen LogP contribution < -0.4 is 10.9 Å². The first-order valence-electron chi connectivity index (χ1n) is 10.2. The van der Waals surface area contributed by atoms with Crippen LogP contribution >= 0.6 is 11.8 Å². The van der Waals surface area contributed by atoms with Crippen molar-refractivity contribution in [2.45, 2.75) is 37.6 Å². The van der Waals surface area contributed by atoms with Crippen molar-refractivity contribution < 1.29 is 14.3 Å². The Morgan fingerprint density at radius 2 is 1.97 bits per heavy atom. The lowest BCUT2D eigenvalue weighted by atomic mass is 10.1. The summed E-state index contributed by atoms with van der Waals surface area (Å²) in [5, 5.41) is 3.87. The SMILES string of the molecule is CC(=O)c1ccc(NC(=O)CSc2nc3ccccc3c(=O)n2C[C@H]2CCCO2)cc1. The van der Waals surface area contributed by atoms with Gasteiger partial charge in [-0.05, 0) is 56.2 Å². The molecule has 3 aromatic rings. The number of rotatable bonds is 7. The molecule has 1 amide bonds. The third kappa shape index (κ3) is 5.03. The summed E-state index contributed by atoms with van der Waals surface area (Å²) in [6, 6.07) is 14.0. The highest BCUT2D eigenvalue weighted by Crippen LogP contribution is 2.21. The molecule has 1 saturated heterocycles. The third-order valence-electron chi connectivity index (χ3n) is 5.14. The second-order valence-electron chi connectivity index (χ2n) is 7.43. The molecule has 0 radical (unpaired) electrons. The molecule has 7 nitrogen and oxygen atoms in total. The molecular formula is C23H23N3O4S. The summed E-state index contributed by atoms with van der Waals surface area (Å²) in [5.41, 5.74) is 1.69. The lowest BCUT2D eigenvalue weighted by molar-refractivity contribution is -0.113. The van der Waals surface area contributed by atoms with E-state index in [4.69, 9.17) is 4.74 Å². The van der Waals surface area contributed by atoms with E-state index in [0.717, 1.165) is 12.8 Å². The minimum atomic E-state index is -0.216. The first-order chi connectivity index (χ1) is 15.0. The zero-order valence-corrected chi connectivity index (χ0v) is 18.0. The average Bonchev–Trinajstić information content (AvgIpc) is 3.28. The van der Waals surface area contributed by atoms with Gasteiger partial charge in [0.05, 0.1) is 29.3 Å². The topological polar surface area (TPSA) is 90.3 Å². The van der Waals surface area contributed by atoms with E-state index in [1.54, 1.807) is 41.0 Å². The molecule has 0 bridgehead atoms. The Bertz CT molecular complexity index is 1170. The molecule has 1 aromatic heterocycles. The molecule has 2 heterocycles. The van der Waals surface area contributed by atoms with Crippen LogP contribution in [0.2, 0.25) is 0 Å². The van der Waals surface area contributed by atoms with E-state index < -0.39 is 0 Å². The van der Waals surface area contributed by atoms with Crippen LogP contribution in [0, 0.1) is 0 Å². The number of amides is 1. The Labute approximate surface area is 183 Å². The molecule has 1 aliphatic rings. The largest absolute Gasteiger partial charge is 0.376 e. The zero-order chi connectivity index (χ0) is 21.8. The summed E-state index contributed by atoms with van der Waals surface area (Å²) in [6.45, 7) is 2.62. The van der Waals surface area contributed by atoms with E-state index in [9.17, 15) is 14.4 Å². The van der Waals surface area contributed by atoms with Gasteiger partial charge in [-0.15, -0.1) is 0 Å². The van der Waals surface area contributed by atoms with Crippen LogP contribution in [0.15, 0.2) is 58.5 Å². The number of benzene rings is 2. The van der Waals surface area contributed by atoms with Crippen molar-refractivity contribution in [3.8, 4) is 0 Å². The predicted octanol–water partition coefficient (Wildman–Crippen LogP) is 3.51. The number of para-hydroxylation sites is 1. The van der Waals surface area contributed by atoms with Crippen LogP contribution in [-0.2, 0) is 16.1 Å². The van der Waals surface area contributed by atoms with E-state index in [-0.39, 0.29) is 29.1 Å². The van der Waals surface area contributed by atoms with Gasteiger partial charge in [0.2, 0.25) is 5.91 Å². The molecule has 0 unspecified atom stereocenters. The average molecular weight is 438 g/mol. The van der Waals surface area contributed by atoms with Gasteiger partial charge in [-0.3, -0.25) is 19.0 Å². The molecule has 4 rings (SSSR count). The number of nitrogens with one attached hydrogen (secondary N) is 1. The zero-order valence-electron chi connectivity index (χ0n) is 17.2. The first kappa shape index (κ1) is 21.3. The lowest BCUT2D eigenvalue weighted by Crippen LogP contribution is -2.29. The summed E-state index contributed by atoms with van der Waals surface area (Å²) in [6.07, 6.45) is 1.86. The number of carbonyl (C=O) groups is 2. The molecule has 160 valence electrons. The number of thioether (sulfide) groups is 1. The molecule has 31 heavy (non-hydrogen) atoms. The number of Topliss-reactive ketones (excluding diaryl/α,β-unsaturated/α-hetero) is 1. The molecule has 1 N–H and O–H groups in total. The Kier molecular flexibility index (Phi) is 6.48. The minimum Gasteiger partial charge on any atom is -0.376 e. The van der Waals surface area contributed by atoms with Gasteiger partial charge in [-0.2, -0.15) is 0 Å². The summed E-state index contributed by atoms with van der Waals surface area (Å²) in [7, 11) is 0. The summed E-state index contributed by atoms with van der Waals surface area (Å²) in [5.74, 6) is -0.142. The van der Waals surface area contributed by atoms with Gasteiger partial charge in [-0.1, -0.05) is 23.9 Å². The fraction of sp³-hybridized carbons (Fsp3) is 0.304. The minimum absolute atomic E-state index is 0.0198. The van der Waals surface area contributed by atoms with Crippen LogP contribution in [0.5, 0.6) is 0 Å². The van der Waals surface area contributed by atoms with Gasteiger partial charge in [0.15, 0.2) is 10.9 Å². The monoisotopic (exact) mass is 437 g/mol. The van der Waals surface area contributed by atoms with Crippen molar-refractivity contribution in [3.05, 3.63) is 64.4 Å². The maximum atomic E-state index is 13.1. The molecule has 1 aliphatic heterocycles. The molecular weight excluding hydrogens is 414 g/mol. The summed E-state index contributed by atoms with van der Waals surface area (Å²) < 4.78 is 7.33. The Hall–Kier alpha value is -2.97. The number of hydrogen-bond donors (Lipinski definition) is 1. The third-order valence-corrected chi connectivity index (χ3v) is 6.12. The quantitative estimate of drug-likeness (QED) is 0.346. The smallest absolute Gasteiger partial charge is 0.262 e. The Balaban J connectivity index is 1.51. The van der Waals surface area contributed by atoms with Crippen molar-refractivity contribution in [1.29, 1.82) is 0 Å². The summed E-state index contributed by atoms with van der Waals surface area (Å²) >= 11 is 1.22. The van der Waals surface area contributed by atoms with E-state index >= 15 is 0 Å². The van der Waals surface area contributed by atoms with Gasteiger partial charge in [0.1, 0.15) is 0 Å². The molecule has 0 aliphatic carbocycles. The molecule has 0 spiro atoms. The molecule has 2 aromatic carbocycles. The van der Waals surface area contributed by atoms with E-state index in [2.05, 4.69) is 10.3 Å². The van der Waals surface area contributed by atoms with Gasteiger partial charge in [-0.25, -0.2) is 4.98 Å². The van der Waals surface area contributed by atoms with Crippen LogP contribution in [0.4, 0.5) is 5.69 Å². The Morgan fingerprint density at radius 3 is 2.68 bits per heavy atom. The highest BCUT2D eigenvalue weighted by atomic mass is 32.2. The maximum Gasteiger partial charge on any atom is 0.262 e. The number of nitrogens with zero attached hydrogens (tertiary/aromatic N) is 2. The standard InChI is InChI=1S/C23H23N3O4S/c1-15(27)16-8-10-17(11-9-16)24-21(28)14-31-23-25-20-7-3-2-6-19(20)22(29)26(23)13-18-5-4-12-30-18/h2-3,6-11,18H,4-5,12-14H2,1H3,(H,24,28)/t18-/m1/s1. The molecule has 8 heteroatoms. The number of carbonyl (C=O) groups excluding carboxylic acids is 2. The van der Waals surface area contributed by atoms with E-state index in [1.807, 2.05) is 12.1 Å². The summed E-state index contributed by atoms with van der Waals surface area (Å²) in [4.78, 5) is 41.6. The van der Waals surface area contributed by atoms with Crippen molar-refractivity contribution in [3.63, 3.8) is 0 Å². The predicted molar refractivity (Wildman–Crippen MR) is 121 cm³/mol. The lowest BCUT2D eigenvalue weighted by Gasteiger charge is -2.16. The van der Waals surface area contributed by atoms with E-state index in [1.165, 1.54) is 18.7 Å². The van der Waals surface area contributed by atoms with Gasteiger partial charge in [0.25, 0.3) is 5.56 Å². The second-order valence-corrected chi connectivity index (χ2v) is 8.38. The number of fused-ring (bicyclic) bond motifs is 1. The van der Waals surface area contributed by atoms with Crippen molar-refractivity contribution in [2.75, 3.05) is 17.7 Å². The number of aromatic nitrogens is 2. The first-order valence-corrected chi connectivity index (χ1v) is 11.1. The molecule has 1 fully saturated rings. The van der Waals surface area contributed by atoms with Crippen molar-refractivity contribution in [1.82, 2.24) is 9.55 Å². The van der Waals surface area contributed by atoms with Crippen molar-refractivity contribution in [2.24, 2.45) is 0 Å². The van der Waals surface area contributed by atoms with Crippen LogP contribution in [0.25, 0.3) is 10.9 Å². The fourth-order valence-electron chi connectivity index (χ4n) is 3.53. The second kappa shape index (κ2) is 9.45. The van der Waals surface area contributed by atoms with Gasteiger partial charge in [0, 0.05) is 17.9 Å². The highest BCUT2D eigenvalue weighted by Gasteiger charge is 2.20. The van der Waals surface area contributed by atoms with Gasteiger partial charge < -0.3 is 10.1 Å². The highest BCUT2D eigenvalue weighted by molar-refractivity contribution is 7.99. The molecule has 0 saturated carbocycles. The number of ketones is 1. The fourth-order valence-corrected chi connectivity index (χ4v) is 4.33. The maximum absolute atomic E-state index is 13.1. The van der Waals surface area contributed by atoms with Gasteiger partial charge >= 0.3 is 0 Å².